The van der Waals surface area contributed by atoms with E-state index in [0.29, 0.717) is 26.1 Å². The summed E-state index contributed by atoms with van der Waals surface area (Å²) in [6.07, 6.45) is -0.547. The third kappa shape index (κ3) is 4.13. The summed E-state index contributed by atoms with van der Waals surface area (Å²) >= 11 is 0. The zero-order valence-corrected chi connectivity index (χ0v) is 16.2. The molecular weight excluding hydrogens is 385 g/mol. The predicted molar refractivity (Wildman–Crippen MR) is 99.2 cm³/mol. The van der Waals surface area contributed by atoms with Crippen molar-refractivity contribution in [2.24, 2.45) is 5.92 Å². The molecular formula is C21H25F3N2O3. The molecule has 158 valence electrons. The highest BCUT2D eigenvalue weighted by Gasteiger charge is 2.41. The van der Waals surface area contributed by atoms with E-state index in [2.05, 4.69) is 0 Å². The fraction of sp³-hybridized carbons (Fsp3) is 0.619. The minimum Gasteiger partial charge on any atom is -0.368 e. The second-order valence-corrected chi connectivity index (χ2v) is 8.12. The molecule has 3 atom stereocenters. The van der Waals surface area contributed by atoms with Crippen molar-refractivity contribution in [2.45, 2.75) is 50.4 Å². The van der Waals surface area contributed by atoms with Gasteiger partial charge in [-0.25, -0.2) is 0 Å². The van der Waals surface area contributed by atoms with E-state index < -0.39 is 11.7 Å². The van der Waals surface area contributed by atoms with Crippen molar-refractivity contribution in [3.05, 3.63) is 35.4 Å². The standard InChI is InChI=1S/C21H25F3N2O3/c22-21(23,24)16-7-5-14(6-8-16)19(27)25-11-9-17-15(13-25)3-1-10-26(17)20(28)18-4-2-12-29-18/h5-8,15,17-18H,1-4,9-13H2/t15-,17+,18?/m1/s1. The normalized spacial score (nSPS) is 27.6. The van der Waals surface area contributed by atoms with Gasteiger partial charge in [0.15, 0.2) is 0 Å². The number of rotatable bonds is 2. The number of fused-ring (bicyclic) bond motifs is 1. The van der Waals surface area contributed by atoms with Gasteiger partial charge in [0.2, 0.25) is 0 Å². The number of likely N-dealkylation sites (tertiary alicyclic amines) is 2. The number of carbonyl (C=O) groups is 2. The summed E-state index contributed by atoms with van der Waals surface area (Å²) in [7, 11) is 0. The lowest BCUT2D eigenvalue weighted by Crippen LogP contribution is -2.58. The Morgan fingerprint density at radius 1 is 1.00 bits per heavy atom. The molecule has 0 N–H and O–H groups in total. The molecule has 3 heterocycles. The Balaban J connectivity index is 1.41. The Morgan fingerprint density at radius 3 is 2.41 bits per heavy atom. The zero-order chi connectivity index (χ0) is 20.6. The Hall–Kier alpha value is -2.09. The topological polar surface area (TPSA) is 49.9 Å². The van der Waals surface area contributed by atoms with E-state index in [-0.39, 0.29) is 35.4 Å². The molecule has 3 fully saturated rings. The van der Waals surface area contributed by atoms with Crippen LogP contribution in [0.4, 0.5) is 13.2 Å². The van der Waals surface area contributed by atoms with E-state index in [1.807, 2.05) is 4.90 Å². The van der Waals surface area contributed by atoms with Gasteiger partial charge in [-0.2, -0.15) is 13.2 Å². The van der Waals surface area contributed by atoms with Crippen LogP contribution in [-0.2, 0) is 15.7 Å². The summed E-state index contributed by atoms with van der Waals surface area (Å²) in [4.78, 5) is 29.3. The third-order valence-electron chi connectivity index (χ3n) is 6.30. The van der Waals surface area contributed by atoms with Gasteiger partial charge >= 0.3 is 6.18 Å². The van der Waals surface area contributed by atoms with Crippen LogP contribution in [-0.4, -0.2) is 60.0 Å². The van der Waals surface area contributed by atoms with Crippen molar-refractivity contribution < 1.29 is 27.5 Å². The maximum absolute atomic E-state index is 12.8. The highest BCUT2D eigenvalue weighted by Crippen LogP contribution is 2.33. The summed E-state index contributed by atoms with van der Waals surface area (Å²) < 4.78 is 43.8. The van der Waals surface area contributed by atoms with Crippen molar-refractivity contribution in [3.8, 4) is 0 Å². The summed E-state index contributed by atoms with van der Waals surface area (Å²) in [5.74, 6) is 0.0146. The van der Waals surface area contributed by atoms with Crippen LogP contribution in [0.25, 0.3) is 0 Å². The minimum absolute atomic E-state index is 0.0692. The molecule has 1 aromatic rings. The average Bonchev–Trinajstić information content (AvgIpc) is 3.26. The Kier molecular flexibility index (Phi) is 5.55. The van der Waals surface area contributed by atoms with Crippen LogP contribution >= 0.6 is 0 Å². The monoisotopic (exact) mass is 410 g/mol. The molecule has 0 aliphatic carbocycles. The van der Waals surface area contributed by atoms with Crippen LogP contribution in [0, 0.1) is 5.92 Å². The molecule has 8 heteroatoms. The van der Waals surface area contributed by atoms with E-state index in [1.165, 1.54) is 12.1 Å². The number of ether oxygens (including phenoxy) is 1. The van der Waals surface area contributed by atoms with E-state index in [4.69, 9.17) is 4.74 Å². The summed E-state index contributed by atoms with van der Waals surface area (Å²) in [6.45, 7) is 2.39. The van der Waals surface area contributed by atoms with E-state index in [0.717, 1.165) is 44.4 Å². The molecule has 0 saturated carbocycles. The quantitative estimate of drug-likeness (QED) is 0.752. The maximum Gasteiger partial charge on any atom is 0.416 e. The lowest BCUT2D eigenvalue weighted by molar-refractivity contribution is -0.147. The minimum atomic E-state index is -4.42. The number of hydrogen-bond donors (Lipinski definition) is 0. The van der Waals surface area contributed by atoms with Gasteiger partial charge in [0, 0.05) is 37.8 Å². The molecule has 29 heavy (non-hydrogen) atoms. The predicted octanol–water partition coefficient (Wildman–Crippen LogP) is 3.34. The summed E-state index contributed by atoms with van der Waals surface area (Å²) in [6, 6.07) is 4.49. The molecule has 5 nitrogen and oxygen atoms in total. The van der Waals surface area contributed by atoms with E-state index >= 15 is 0 Å². The number of benzene rings is 1. The van der Waals surface area contributed by atoms with Crippen LogP contribution in [0.3, 0.4) is 0 Å². The first-order valence-electron chi connectivity index (χ1n) is 10.2. The first-order valence-corrected chi connectivity index (χ1v) is 10.2. The summed E-state index contributed by atoms with van der Waals surface area (Å²) in [5, 5.41) is 0. The van der Waals surface area contributed by atoms with Crippen LogP contribution < -0.4 is 0 Å². The third-order valence-corrected chi connectivity index (χ3v) is 6.30. The number of carbonyl (C=O) groups excluding carboxylic acids is 2. The van der Waals surface area contributed by atoms with Gasteiger partial charge in [-0.05, 0) is 62.3 Å². The Morgan fingerprint density at radius 2 is 1.76 bits per heavy atom. The number of piperidine rings is 2. The van der Waals surface area contributed by atoms with Crippen molar-refractivity contribution in [1.29, 1.82) is 0 Å². The molecule has 1 aromatic carbocycles. The first-order chi connectivity index (χ1) is 13.8. The smallest absolute Gasteiger partial charge is 0.368 e. The lowest BCUT2D eigenvalue weighted by Gasteiger charge is -2.47. The van der Waals surface area contributed by atoms with Gasteiger partial charge in [0.1, 0.15) is 6.10 Å². The summed E-state index contributed by atoms with van der Waals surface area (Å²) in [5.41, 5.74) is -0.497. The fourth-order valence-corrected chi connectivity index (χ4v) is 4.80. The molecule has 3 saturated heterocycles. The van der Waals surface area contributed by atoms with Gasteiger partial charge in [-0.1, -0.05) is 0 Å². The first kappa shape index (κ1) is 20.2. The largest absolute Gasteiger partial charge is 0.416 e. The maximum atomic E-state index is 12.8. The molecule has 4 rings (SSSR count). The molecule has 0 radical (unpaired) electrons. The van der Waals surface area contributed by atoms with Crippen LogP contribution in [0.1, 0.15) is 48.0 Å². The van der Waals surface area contributed by atoms with Crippen molar-refractivity contribution in [3.63, 3.8) is 0 Å². The number of amides is 2. The highest BCUT2D eigenvalue weighted by atomic mass is 19.4. The second kappa shape index (κ2) is 7.97. The van der Waals surface area contributed by atoms with Crippen molar-refractivity contribution in [1.82, 2.24) is 9.80 Å². The molecule has 3 aliphatic heterocycles. The van der Waals surface area contributed by atoms with Crippen LogP contribution in [0.5, 0.6) is 0 Å². The molecule has 0 bridgehead atoms. The highest BCUT2D eigenvalue weighted by molar-refractivity contribution is 5.94. The van der Waals surface area contributed by atoms with E-state index in [1.54, 1.807) is 4.90 Å². The van der Waals surface area contributed by atoms with Gasteiger partial charge < -0.3 is 14.5 Å². The van der Waals surface area contributed by atoms with Crippen LogP contribution in [0.15, 0.2) is 24.3 Å². The number of hydrogen-bond acceptors (Lipinski definition) is 3. The second-order valence-electron chi connectivity index (χ2n) is 8.12. The Bertz CT molecular complexity index is 759. The zero-order valence-electron chi connectivity index (χ0n) is 16.2. The molecule has 1 unspecified atom stereocenters. The van der Waals surface area contributed by atoms with E-state index in [9.17, 15) is 22.8 Å². The Labute approximate surface area is 167 Å². The molecule has 2 amide bonds. The van der Waals surface area contributed by atoms with Gasteiger partial charge in [-0.3, -0.25) is 9.59 Å². The van der Waals surface area contributed by atoms with Crippen molar-refractivity contribution in [2.75, 3.05) is 26.2 Å². The lowest BCUT2D eigenvalue weighted by atomic mass is 9.83. The molecule has 3 aliphatic rings. The molecule has 0 spiro atoms. The van der Waals surface area contributed by atoms with Crippen molar-refractivity contribution >= 4 is 11.8 Å². The number of alkyl halides is 3. The van der Waals surface area contributed by atoms with Gasteiger partial charge in [0.25, 0.3) is 11.8 Å². The fourth-order valence-electron chi connectivity index (χ4n) is 4.80. The van der Waals surface area contributed by atoms with Gasteiger partial charge in [-0.15, -0.1) is 0 Å². The SMILES string of the molecule is O=C(c1ccc(C(F)(F)F)cc1)N1CC[C@H]2[C@H](CCCN2C(=O)C2CCCO2)C1. The number of halogens is 3. The average molecular weight is 410 g/mol. The molecule has 0 aromatic heterocycles. The van der Waals surface area contributed by atoms with Gasteiger partial charge in [0.05, 0.1) is 5.56 Å². The van der Waals surface area contributed by atoms with Crippen LogP contribution in [0.2, 0.25) is 0 Å². The number of nitrogens with zero attached hydrogens (tertiary/aromatic N) is 2.